The number of ether oxygens (including phenoxy) is 1. The van der Waals surface area contributed by atoms with Crippen LogP contribution in [0.1, 0.15) is 30.8 Å². The van der Waals surface area contributed by atoms with E-state index >= 15 is 0 Å². The minimum absolute atomic E-state index is 0.174. The first-order chi connectivity index (χ1) is 10.5. The van der Waals surface area contributed by atoms with Crippen LogP contribution >= 0.6 is 0 Å². The second-order valence-electron chi connectivity index (χ2n) is 5.94. The summed E-state index contributed by atoms with van der Waals surface area (Å²) >= 11 is 0. The monoisotopic (exact) mass is 304 g/mol. The Morgan fingerprint density at radius 1 is 1.41 bits per heavy atom. The van der Waals surface area contributed by atoms with Gasteiger partial charge < -0.3 is 19.8 Å². The fourth-order valence-corrected chi connectivity index (χ4v) is 2.66. The van der Waals surface area contributed by atoms with E-state index in [0.717, 1.165) is 12.2 Å². The molecule has 3 atom stereocenters. The van der Waals surface area contributed by atoms with Gasteiger partial charge >= 0.3 is 0 Å². The number of carbonyl (C=O) groups is 2. The van der Waals surface area contributed by atoms with Crippen LogP contribution in [0.5, 0.6) is 0 Å². The van der Waals surface area contributed by atoms with E-state index in [1.807, 2.05) is 12.1 Å². The number of primary amides is 1. The first kappa shape index (κ1) is 14.8. The standard InChI is InChI=1S/C16H20N2O4/c1-10-8-12(10)13-4-2-11(22-13)3-5-15(19)18-6-7-21-14(9-18)16(17)20/h2-5,10,12,14H,6-9H2,1H3,(H2,17,20)/b5-3+/t10-,12+,14+/m1/s1. The molecule has 2 heterocycles. The molecule has 0 bridgehead atoms. The van der Waals surface area contributed by atoms with Crippen LogP contribution in [-0.2, 0) is 14.3 Å². The maximum Gasteiger partial charge on any atom is 0.248 e. The molecule has 2 aliphatic rings. The Morgan fingerprint density at radius 3 is 2.86 bits per heavy atom. The zero-order valence-corrected chi connectivity index (χ0v) is 12.5. The van der Waals surface area contributed by atoms with Crippen molar-refractivity contribution in [3.63, 3.8) is 0 Å². The molecule has 118 valence electrons. The van der Waals surface area contributed by atoms with Crippen molar-refractivity contribution in [2.24, 2.45) is 11.7 Å². The Morgan fingerprint density at radius 2 is 2.18 bits per heavy atom. The zero-order chi connectivity index (χ0) is 15.7. The lowest BCUT2D eigenvalue weighted by Crippen LogP contribution is -2.50. The summed E-state index contributed by atoms with van der Waals surface area (Å²) in [5, 5.41) is 0. The largest absolute Gasteiger partial charge is 0.461 e. The second-order valence-corrected chi connectivity index (χ2v) is 5.94. The van der Waals surface area contributed by atoms with Gasteiger partial charge in [0, 0.05) is 18.5 Å². The van der Waals surface area contributed by atoms with Crippen LogP contribution in [-0.4, -0.2) is 42.5 Å². The van der Waals surface area contributed by atoms with Crippen LogP contribution in [0.3, 0.4) is 0 Å². The molecule has 1 aromatic heterocycles. The lowest BCUT2D eigenvalue weighted by Gasteiger charge is -2.30. The van der Waals surface area contributed by atoms with E-state index in [1.54, 1.807) is 11.0 Å². The molecule has 3 rings (SSSR count). The van der Waals surface area contributed by atoms with Crippen molar-refractivity contribution in [1.29, 1.82) is 0 Å². The smallest absolute Gasteiger partial charge is 0.248 e. The molecule has 2 N–H and O–H groups in total. The predicted octanol–water partition coefficient (Wildman–Crippen LogP) is 1.13. The summed E-state index contributed by atoms with van der Waals surface area (Å²) in [6.45, 7) is 3.16. The van der Waals surface area contributed by atoms with Crippen molar-refractivity contribution in [2.45, 2.75) is 25.4 Å². The molecule has 1 aliphatic heterocycles. The zero-order valence-electron chi connectivity index (χ0n) is 12.5. The summed E-state index contributed by atoms with van der Waals surface area (Å²) < 4.78 is 10.9. The molecule has 1 aromatic rings. The lowest BCUT2D eigenvalue weighted by molar-refractivity contribution is -0.142. The second kappa shape index (κ2) is 5.96. The SMILES string of the molecule is C[C@@H]1C[C@@H]1c1ccc(/C=C/C(=O)N2CCO[C@H](C(N)=O)C2)o1. The van der Waals surface area contributed by atoms with E-state index in [0.29, 0.717) is 30.7 Å². The molecule has 0 unspecified atom stereocenters. The third-order valence-electron chi connectivity index (χ3n) is 4.21. The third-order valence-corrected chi connectivity index (χ3v) is 4.21. The molecule has 1 saturated carbocycles. The fraction of sp³-hybridized carbons (Fsp3) is 0.500. The topological polar surface area (TPSA) is 85.8 Å². The highest BCUT2D eigenvalue weighted by Crippen LogP contribution is 2.47. The summed E-state index contributed by atoms with van der Waals surface area (Å²) in [5.41, 5.74) is 5.21. The van der Waals surface area contributed by atoms with Crippen molar-refractivity contribution in [1.82, 2.24) is 4.90 Å². The summed E-state index contributed by atoms with van der Waals surface area (Å²) in [4.78, 5) is 24.8. The minimum atomic E-state index is -0.724. The Bertz CT molecular complexity index is 607. The number of hydrogen-bond donors (Lipinski definition) is 1. The van der Waals surface area contributed by atoms with Crippen molar-refractivity contribution < 1.29 is 18.7 Å². The predicted molar refractivity (Wildman–Crippen MR) is 79.8 cm³/mol. The molecule has 22 heavy (non-hydrogen) atoms. The Kier molecular flexibility index (Phi) is 4.02. The highest BCUT2D eigenvalue weighted by atomic mass is 16.5. The van der Waals surface area contributed by atoms with E-state index in [4.69, 9.17) is 14.9 Å². The number of furan rings is 1. The van der Waals surface area contributed by atoms with Crippen LogP contribution in [0, 0.1) is 5.92 Å². The molecule has 0 radical (unpaired) electrons. The molecule has 2 fully saturated rings. The Labute approximate surface area is 128 Å². The van der Waals surface area contributed by atoms with Crippen molar-refractivity contribution in [3.8, 4) is 0 Å². The average molecular weight is 304 g/mol. The van der Waals surface area contributed by atoms with Gasteiger partial charge in [-0.3, -0.25) is 9.59 Å². The number of hydrogen-bond acceptors (Lipinski definition) is 4. The summed E-state index contributed by atoms with van der Waals surface area (Å²) in [6, 6.07) is 3.84. The van der Waals surface area contributed by atoms with Crippen molar-refractivity contribution in [2.75, 3.05) is 19.7 Å². The summed E-state index contributed by atoms with van der Waals surface area (Å²) in [5.74, 6) is 2.14. The first-order valence-corrected chi connectivity index (χ1v) is 7.52. The van der Waals surface area contributed by atoms with Crippen molar-refractivity contribution in [3.05, 3.63) is 29.7 Å². The quantitative estimate of drug-likeness (QED) is 0.845. The number of nitrogens with two attached hydrogens (primary N) is 1. The highest BCUT2D eigenvalue weighted by Gasteiger charge is 2.36. The first-order valence-electron chi connectivity index (χ1n) is 7.52. The Balaban J connectivity index is 1.58. The van der Waals surface area contributed by atoms with E-state index in [1.165, 1.54) is 6.08 Å². The van der Waals surface area contributed by atoms with Gasteiger partial charge in [0.25, 0.3) is 0 Å². The van der Waals surface area contributed by atoms with Crippen LogP contribution in [0.4, 0.5) is 0 Å². The minimum Gasteiger partial charge on any atom is -0.461 e. The van der Waals surface area contributed by atoms with E-state index in [-0.39, 0.29) is 12.5 Å². The van der Waals surface area contributed by atoms with Gasteiger partial charge in [-0.15, -0.1) is 0 Å². The molecule has 2 amide bonds. The third kappa shape index (κ3) is 3.22. The van der Waals surface area contributed by atoms with Gasteiger partial charge in [0.05, 0.1) is 13.2 Å². The maximum atomic E-state index is 12.1. The highest BCUT2D eigenvalue weighted by molar-refractivity contribution is 5.92. The summed E-state index contributed by atoms with van der Waals surface area (Å²) in [6.07, 6.45) is 3.56. The van der Waals surface area contributed by atoms with Crippen molar-refractivity contribution >= 4 is 17.9 Å². The average Bonchev–Trinajstić information content (AvgIpc) is 3.06. The van der Waals surface area contributed by atoms with Gasteiger partial charge in [-0.1, -0.05) is 6.92 Å². The van der Waals surface area contributed by atoms with Gasteiger partial charge in [-0.2, -0.15) is 0 Å². The molecule has 1 aliphatic carbocycles. The molecular formula is C16H20N2O4. The van der Waals surface area contributed by atoms with Gasteiger partial charge in [0.2, 0.25) is 11.8 Å². The molecule has 6 nitrogen and oxygen atoms in total. The van der Waals surface area contributed by atoms with E-state index < -0.39 is 12.0 Å². The number of carbonyl (C=O) groups excluding carboxylic acids is 2. The number of nitrogens with zero attached hydrogens (tertiary/aromatic N) is 1. The number of amides is 2. The number of morpholine rings is 1. The van der Waals surface area contributed by atoms with Crippen LogP contribution in [0.15, 0.2) is 22.6 Å². The van der Waals surface area contributed by atoms with E-state index in [2.05, 4.69) is 6.92 Å². The lowest BCUT2D eigenvalue weighted by atomic mass is 10.2. The molecule has 6 heteroatoms. The number of rotatable bonds is 4. The van der Waals surface area contributed by atoms with Crippen LogP contribution in [0.25, 0.3) is 6.08 Å². The van der Waals surface area contributed by atoms with Crippen LogP contribution < -0.4 is 5.73 Å². The van der Waals surface area contributed by atoms with Gasteiger partial charge in [-0.25, -0.2) is 0 Å². The van der Waals surface area contributed by atoms with Gasteiger partial charge in [0.1, 0.15) is 11.5 Å². The van der Waals surface area contributed by atoms with Gasteiger partial charge in [-0.05, 0) is 30.5 Å². The molecular weight excluding hydrogens is 284 g/mol. The summed E-state index contributed by atoms with van der Waals surface area (Å²) in [7, 11) is 0. The van der Waals surface area contributed by atoms with E-state index in [9.17, 15) is 9.59 Å². The van der Waals surface area contributed by atoms with Gasteiger partial charge in [0.15, 0.2) is 6.10 Å². The normalized spacial score (nSPS) is 28.0. The molecule has 0 aromatic carbocycles. The fourth-order valence-electron chi connectivity index (χ4n) is 2.66. The maximum absolute atomic E-state index is 12.1. The molecule has 1 saturated heterocycles. The molecule has 0 spiro atoms. The van der Waals surface area contributed by atoms with Crippen LogP contribution in [0.2, 0.25) is 0 Å². The Hall–Kier alpha value is -2.08.